The van der Waals surface area contributed by atoms with E-state index < -0.39 is 0 Å². The van der Waals surface area contributed by atoms with Gasteiger partial charge in [0.2, 0.25) is 5.95 Å². The fraction of sp³-hybridized carbons (Fsp3) is 0. The molecule has 94 valence electrons. The second-order valence-corrected chi connectivity index (χ2v) is 3.53. The average Bonchev–Trinajstić information content (AvgIpc) is 2.93. The van der Waals surface area contributed by atoms with Crippen LogP contribution in [0.2, 0.25) is 0 Å². The molecule has 0 atom stereocenters. The molecule has 0 amide bonds. The maximum atomic E-state index is 5.62. The van der Waals surface area contributed by atoms with Gasteiger partial charge in [0.05, 0.1) is 0 Å². The van der Waals surface area contributed by atoms with Crippen molar-refractivity contribution in [2.24, 2.45) is 0 Å². The minimum Gasteiger partial charge on any atom is -0.424 e. The molecule has 1 aromatic carbocycles. The first-order valence-electron chi connectivity index (χ1n) is 5.41. The zero-order valence-corrected chi connectivity index (χ0v) is 9.71. The average molecular weight is 255 g/mol. The third-order valence-electron chi connectivity index (χ3n) is 2.20. The highest BCUT2D eigenvalue weighted by Crippen LogP contribution is 2.17. The summed E-state index contributed by atoms with van der Waals surface area (Å²) in [4.78, 5) is 15.8. The van der Waals surface area contributed by atoms with Crippen LogP contribution in [-0.2, 0) is 0 Å². The summed E-state index contributed by atoms with van der Waals surface area (Å²) in [5.74, 6) is 0.903. The van der Waals surface area contributed by atoms with Crippen molar-refractivity contribution in [1.29, 1.82) is 0 Å². The SMILES string of the molecule is Nc1nc(Oc2ccccc2)nc(-n2cncn2)n1. The van der Waals surface area contributed by atoms with Crippen LogP contribution in [0, 0.1) is 0 Å². The third kappa shape index (κ3) is 2.46. The van der Waals surface area contributed by atoms with Gasteiger partial charge in [-0.2, -0.15) is 24.7 Å². The molecule has 3 rings (SSSR count). The zero-order valence-electron chi connectivity index (χ0n) is 9.71. The fourth-order valence-electron chi connectivity index (χ4n) is 1.41. The van der Waals surface area contributed by atoms with Gasteiger partial charge in [-0.15, -0.1) is 0 Å². The summed E-state index contributed by atoms with van der Waals surface area (Å²) in [6.45, 7) is 0. The molecule has 0 aliphatic carbocycles. The number of ether oxygens (including phenoxy) is 1. The molecule has 0 aliphatic rings. The summed E-state index contributed by atoms with van der Waals surface area (Å²) in [7, 11) is 0. The number of aromatic nitrogens is 6. The number of para-hydroxylation sites is 1. The van der Waals surface area contributed by atoms with Crippen molar-refractivity contribution in [3.63, 3.8) is 0 Å². The van der Waals surface area contributed by atoms with Crippen molar-refractivity contribution in [3.8, 4) is 17.7 Å². The Morgan fingerprint density at radius 1 is 1.05 bits per heavy atom. The fourth-order valence-corrected chi connectivity index (χ4v) is 1.41. The van der Waals surface area contributed by atoms with Gasteiger partial charge >= 0.3 is 6.01 Å². The summed E-state index contributed by atoms with van der Waals surface area (Å²) in [5.41, 5.74) is 5.62. The quantitative estimate of drug-likeness (QED) is 0.738. The van der Waals surface area contributed by atoms with Crippen LogP contribution in [0.3, 0.4) is 0 Å². The van der Waals surface area contributed by atoms with E-state index in [1.165, 1.54) is 17.3 Å². The molecule has 0 aliphatic heterocycles. The molecule has 2 aromatic heterocycles. The Hall–Kier alpha value is -3.03. The third-order valence-corrected chi connectivity index (χ3v) is 2.20. The van der Waals surface area contributed by atoms with Gasteiger partial charge in [-0.1, -0.05) is 18.2 Å². The van der Waals surface area contributed by atoms with Crippen molar-refractivity contribution >= 4 is 5.95 Å². The Labute approximate surface area is 107 Å². The van der Waals surface area contributed by atoms with Gasteiger partial charge in [0, 0.05) is 0 Å². The molecule has 0 bridgehead atoms. The second-order valence-electron chi connectivity index (χ2n) is 3.53. The molecule has 0 saturated carbocycles. The first kappa shape index (κ1) is 11.1. The minimum absolute atomic E-state index is 0.0476. The molecular formula is C11H9N7O. The molecule has 0 unspecified atom stereocenters. The Morgan fingerprint density at radius 2 is 1.89 bits per heavy atom. The lowest BCUT2D eigenvalue weighted by molar-refractivity contribution is 0.438. The number of anilines is 1. The Morgan fingerprint density at radius 3 is 2.63 bits per heavy atom. The Kier molecular flexibility index (Phi) is 2.73. The van der Waals surface area contributed by atoms with Gasteiger partial charge in [-0.05, 0) is 12.1 Å². The van der Waals surface area contributed by atoms with Gasteiger partial charge in [0.15, 0.2) is 0 Å². The van der Waals surface area contributed by atoms with E-state index in [4.69, 9.17) is 10.5 Å². The van der Waals surface area contributed by atoms with Crippen LogP contribution in [-0.4, -0.2) is 29.7 Å². The van der Waals surface area contributed by atoms with E-state index in [0.717, 1.165) is 0 Å². The summed E-state index contributed by atoms with van der Waals surface area (Å²) in [6, 6.07) is 9.25. The molecule has 8 nitrogen and oxygen atoms in total. The molecule has 0 spiro atoms. The monoisotopic (exact) mass is 255 g/mol. The van der Waals surface area contributed by atoms with Crippen molar-refractivity contribution in [1.82, 2.24) is 29.7 Å². The first-order chi connectivity index (χ1) is 9.31. The Bertz CT molecular complexity index is 669. The van der Waals surface area contributed by atoms with Crippen LogP contribution in [0.4, 0.5) is 5.95 Å². The van der Waals surface area contributed by atoms with Crippen molar-refractivity contribution < 1.29 is 4.74 Å². The standard InChI is InChI=1S/C11H9N7O/c12-9-15-10(18-7-13-6-14-18)17-11(16-9)19-8-4-2-1-3-5-8/h1-7H,(H2,12,15,16,17). The highest BCUT2D eigenvalue weighted by Gasteiger charge is 2.08. The van der Waals surface area contributed by atoms with Crippen molar-refractivity contribution in [2.75, 3.05) is 5.73 Å². The van der Waals surface area contributed by atoms with E-state index in [9.17, 15) is 0 Å². The Balaban J connectivity index is 1.94. The second kappa shape index (κ2) is 4.69. The van der Waals surface area contributed by atoms with Gasteiger partial charge < -0.3 is 10.5 Å². The van der Waals surface area contributed by atoms with Crippen LogP contribution in [0.1, 0.15) is 0 Å². The molecule has 2 heterocycles. The van der Waals surface area contributed by atoms with Crippen LogP contribution in [0.15, 0.2) is 43.0 Å². The van der Waals surface area contributed by atoms with Gasteiger partial charge in [0.25, 0.3) is 5.95 Å². The van der Waals surface area contributed by atoms with E-state index in [0.29, 0.717) is 5.75 Å². The van der Waals surface area contributed by atoms with Crippen molar-refractivity contribution in [2.45, 2.75) is 0 Å². The highest BCUT2D eigenvalue weighted by atomic mass is 16.5. The molecular weight excluding hydrogens is 246 g/mol. The van der Waals surface area contributed by atoms with Crippen molar-refractivity contribution in [3.05, 3.63) is 43.0 Å². The van der Waals surface area contributed by atoms with Crippen LogP contribution in [0.25, 0.3) is 5.95 Å². The zero-order chi connectivity index (χ0) is 13.1. The lowest BCUT2D eigenvalue weighted by Crippen LogP contribution is -2.07. The highest BCUT2D eigenvalue weighted by molar-refractivity contribution is 5.28. The van der Waals surface area contributed by atoms with Gasteiger partial charge in [0.1, 0.15) is 18.4 Å². The number of hydrogen-bond acceptors (Lipinski definition) is 7. The number of nitrogens with zero attached hydrogens (tertiary/aromatic N) is 6. The lowest BCUT2D eigenvalue weighted by atomic mass is 10.3. The number of hydrogen-bond donors (Lipinski definition) is 1. The molecule has 3 aromatic rings. The predicted octanol–water partition coefficient (Wildman–Crippen LogP) is 0.827. The normalized spacial score (nSPS) is 10.3. The largest absolute Gasteiger partial charge is 0.424 e. The van der Waals surface area contributed by atoms with Crippen LogP contribution < -0.4 is 10.5 Å². The lowest BCUT2D eigenvalue weighted by Gasteiger charge is -2.05. The van der Waals surface area contributed by atoms with E-state index >= 15 is 0 Å². The topological polar surface area (TPSA) is 105 Å². The maximum Gasteiger partial charge on any atom is 0.328 e. The first-order valence-corrected chi connectivity index (χ1v) is 5.41. The predicted molar refractivity (Wildman–Crippen MR) is 65.7 cm³/mol. The van der Waals surface area contributed by atoms with E-state index in [1.807, 2.05) is 18.2 Å². The summed E-state index contributed by atoms with van der Waals surface area (Å²) in [6.07, 6.45) is 2.83. The molecule has 0 radical (unpaired) electrons. The van der Waals surface area contributed by atoms with Crippen LogP contribution >= 0.6 is 0 Å². The van der Waals surface area contributed by atoms with E-state index in [1.54, 1.807) is 12.1 Å². The molecule has 2 N–H and O–H groups in total. The van der Waals surface area contributed by atoms with Gasteiger partial charge in [-0.3, -0.25) is 0 Å². The summed E-state index contributed by atoms with van der Waals surface area (Å²) < 4.78 is 6.87. The maximum absolute atomic E-state index is 5.62. The molecule has 19 heavy (non-hydrogen) atoms. The minimum atomic E-state index is 0.0476. The molecule has 0 saturated heterocycles. The summed E-state index contributed by atoms with van der Waals surface area (Å²) >= 11 is 0. The number of rotatable bonds is 3. The molecule has 0 fully saturated rings. The van der Waals surface area contributed by atoms with E-state index in [2.05, 4.69) is 25.0 Å². The summed E-state index contributed by atoms with van der Waals surface area (Å²) in [5, 5.41) is 3.92. The number of benzene rings is 1. The smallest absolute Gasteiger partial charge is 0.328 e. The van der Waals surface area contributed by atoms with Gasteiger partial charge in [-0.25, -0.2) is 4.98 Å². The molecule has 8 heteroatoms. The number of nitrogen functional groups attached to an aromatic ring is 1. The van der Waals surface area contributed by atoms with E-state index in [-0.39, 0.29) is 17.9 Å². The van der Waals surface area contributed by atoms with Crippen LogP contribution in [0.5, 0.6) is 11.8 Å². The number of nitrogens with two attached hydrogens (primary N) is 1.